The highest BCUT2D eigenvalue weighted by molar-refractivity contribution is 9.10. The zero-order chi connectivity index (χ0) is 14.8. The van der Waals surface area contributed by atoms with Gasteiger partial charge < -0.3 is 5.11 Å². The first kappa shape index (κ1) is 16.1. The molecule has 5 nitrogen and oxygen atoms in total. The van der Waals surface area contributed by atoms with Crippen molar-refractivity contribution >= 4 is 31.9 Å². The van der Waals surface area contributed by atoms with Crippen LogP contribution in [0.2, 0.25) is 0 Å². The van der Waals surface area contributed by atoms with Gasteiger partial charge in [-0.2, -0.15) is 4.72 Å². The lowest BCUT2D eigenvalue weighted by molar-refractivity contribution is -0.140. The van der Waals surface area contributed by atoms with Crippen LogP contribution in [0.15, 0.2) is 27.6 Å². The maximum atomic E-state index is 12.1. The number of halogens is 1. The number of sulfonamides is 1. The molecule has 0 bridgehead atoms. The summed E-state index contributed by atoms with van der Waals surface area (Å²) in [5.41, 5.74) is 0.901. The van der Waals surface area contributed by atoms with E-state index >= 15 is 0 Å². The van der Waals surface area contributed by atoms with Gasteiger partial charge in [0.25, 0.3) is 0 Å². The normalized spacial score (nSPS) is 13.5. The van der Waals surface area contributed by atoms with Crippen LogP contribution in [-0.2, 0) is 14.8 Å². The van der Waals surface area contributed by atoms with E-state index in [0.29, 0.717) is 4.47 Å². The van der Waals surface area contributed by atoms with Crippen LogP contribution in [0.5, 0.6) is 0 Å². The SMILES string of the molecule is Cc1ccc(S(=O)(=O)N[C@H](C(=O)O)C(C)C)cc1Br. The molecule has 0 fully saturated rings. The van der Waals surface area contributed by atoms with Crippen molar-refractivity contribution in [3.05, 3.63) is 28.2 Å². The summed E-state index contributed by atoms with van der Waals surface area (Å²) in [7, 11) is -3.85. The predicted octanol–water partition coefficient (Wildman–Crippen LogP) is 2.15. The summed E-state index contributed by atoms with van der Waals surface area (Å²) in [6.07, 6.45) is 0. The number of benzene rings is 1. The van der Waals surface area contributed by atoms with Gasteiger partial charge in [-0.25, -0.2) is 8.42 Å². The lowest BCUT2D eigenvalue weighted by Gasteiger charge is -2.18. The molecular weight excluding hydrogens is 334 g/mol. The van der Waals surface area contributed by atoms with Gasteiger partial charge in [0.2, 0.25) is 10.0 Å². The fourth-order valence-electron chi connectivity index (χ4n) is 1.45. The van der Waals surface area contributed by atoms with Gasteiger partial charge in [0.05, 0.1) is 4.90 Å². The Morgan fingerprint density at radius 2 is 1.95 bits per heavy atom. The van der Waals surface area contributed by atoms with Gasteiger partial charge in [-0.1, -0.05) is 35.8 Å². The van der Waals surface area contributed by atoms with E-state index < -0.39 is 22.0 Å². The molecule has 0 aliphatic rings. The molecule has 0 saturated heterocycles. The Labute approximate surface area is 121 Å². The lowest BCUT2D eigenvalue weighted by Crippen LogP contribution is -2.44. The average molecular weight is 350 g/mol. The Morgan fingerprint density at radius 3 is 2.37 bits per heavy atom. The Balaban J connectivity index is 3.10. The molecule has 0 saturated carbocycles. The summed E-state index contributed by atoms with van der Waals surface area (Å²) in [5, 5.41) is 9.02. The van der Waals surface area contributed by atoms with Gasteiger partial charge in [0.1, 0.15) is 6.04 Å². The number of nitrogens with one attached hydrogen (secondary N) is 1. The first-order valence-electron chi connectivity index (χ1n) is 5.66. The Bertz CT molecular complexity index is 583. The van der Waals surface area contributed by atoms with Crippen LogP contribution in [0.4, 0.5) is 0 Å². The zero-order valence-corrected chi connectivity index (χ0v) is 13.2. The number of carboxylic acid groups (broad SMARTS) is 1. The molecule has 0 unspecified atom stereocenters. The quantitative estimate of drug-likeness (QED) is 0.852. The zero-order valence-electron chi connectivity index (χ0n) is 10.8. The molecule has 0 aliphatic carbocycles. The molecule has 1 rings (SSSR count). The smallest absolute Gasteiger partial charge is 0.322 e. The Hall–Kier alpha value is -0.920. The molecule has 7 heteroatoms. The van der Waals surface area contributed by atoms with Crippen molar-refractivity contribution in [3.63, 3.8) is 0 Å². The molecule has 0 radical (unpaired) electrons. The predicted molar refractivity (Wildman–Crippen MR) is 75.5 cm³/mol. The van der Waals surface area contributed by atoms with E-state index in [-0.39, 0.29) is 10.8 Å². The third-order valence-electron chi connectivity index (χ3n) is 2.67. The molecule has 2 N–H and O–H groups in total. The summed E-state index contributed by atoms with van der Waals surface area (Å²) in [6.45, 7) is 5.13. The number of aryl methyl sites for hydroxylation is 1. The summed E-state index contributed by atoms with van der Waals surface area (Å²) in [4.78, 5) is 11.1. The Morgan fingerprint density at radius 1 is 1.37 bits per heavy atom. The minimum absolute atomic E-state index is 0.0388. The highest BCUT2D eigenvalue weighted by Gasteiger charge is 2.28. The van der Waals surface area contributed by atoms with Gasteiger partial charge in [0, 0.05) is 4.47 Å². The van der Waals surface area contributed by atoms with E-state index in [2.05, 4.69) is 20.7 Å². The van der Waals surface area contributed by atoms with Crippen molar-refractivity contribution in [3.8, 4) is 0 Å². The molecular formula is C12H16BrNO4S. The highest BCUT2D eigenvalue weighted by atomic mass is 79.9. The van der Waals surface area contributed by atoms with Crippen LogP contribution in [-0.4, -0.2) is 25.5 Å². The van der Waals surface area contributed by atoms with Crippen LogP contribution >= 0.6 is 15.9 Å². The van der Waals surface area contributed by atoms with E-state index in [4.69, 9.17) is 5.11 Å². The van der Waals surface area contributed by atoms with Gasteiger partial charge in [-0.3, -0.25) is 4.79 Å². The minimum atomic E-state index is -3.85. The van der Waals surface area contributed by atoms with Gasteiger partial charge in [-0.15, -0.1) is 0 Å². The second-order valence-corrected chi connectivity index (χ2v) is 7.16. The molecule has 106 valence electrons. The summed E-state index contributed by atoms with van der Waals surface area (Å²) in [6, 6.07) is 3.41. The molecule has 19 heavy (non-hydrogen) atoms. The third kappa shape index (κ3) is 4.02. The number of aliphatic carboxylic acids is 1. The van der Waals surface area contributed by atoms with Crippen LogP contribution in [0.25, 0.3) is 0 Å². The summed E-state index contributed by atoms with van der Waals surface area (Å²) >= 11 is 3.25. The van der Waals surface area contributed by atoms with Gasteiger partial charge in [-0.05, 0) is 30.5 Å². The van der Waals surface area contributed by atoms with Crippen molar-refractivity contribution in [2.45, 2.75) is 31.7 Å². The van der Waals surface area contributed by atoms with Crippen molar-refractivity contribution in [1.29, 1.82) is 0 Å². The van der Waals surface area contributed by atoms with E-state index in [0.717, 1.165) is 5.56 Å². The highest BCUT2D eigenvalue weighted by Crippen LogP contribution is 2.21. The van der Waals surface area contributed by atoms with Crippen LogP contribution in [0.1, 0.15) is 19.4 Å². The molecule has 0 spiro atoms. The van der Waals surface area contributed by atoms with Crippen LogP contribution < -0.4 is 4.72 Å². The van der Waals surface area contributed by atoms with E-state index in [1.807, 2.05) is 6.92 Å². The molecule has 0 aliphatic heterocycles. The summed E-state index contributed by atoms with van der Waals surface area (Å²) < 4.78 is 27.1. The molecule has 0 aromatic heterocycles. The van der Waals surface area contributed by atoms with Gasteiger partial charge >= 0.3 is 5.97 Å². The third-order valence-corrected chi connectivity index (χ3v) is 4.96. The van der Waals surface area contributed by atoms with Crippen LogP contribution in [0.3, 0.4) is 0 Å². The van der Waals surface area contributed by atoms with Crippen molar-refractivity contribution in [2.24, 2.45) is 5.92 Å². The average Bonchev–Trinajstić information content (AvgIpc) is 2.28. The van der Waals surface area contributed by atoms with Gasteiger partial charge in [0.15, 0.2) is 0 Å². The number of rotatable bonds is 5. The molecule has 1 aromatic carbocycles. The number of hydrogen-bond donors (Lipinski definition) is 2. The number of hydrogen-bond acceptors (Lipinski definition) is 3. The second kappa shape index (κ2) is 6.02. The van der Waals surface area contributed by atoms with Crippen molar-refractivity contribution in [1.82, 2.24) is 4.72 Å². The maximum absolute atomic E-state index is 12.1. The molecule has 0 amide bonds. The van der Waals surface area contributed by atoms with E-state index in [9.17, 15) is 13.2 Å². The first-order chi connectivity index (χ1) is 8.65. The van der Waals surface area contributed by atoms with E-state index in [1.54, 1.807) is 19.9 Å². The fraction of sp³-hybridized carbons (Fsp3) is 0.417. The number of carbonyl (C=O) groups is 1. The second-order valence-electron chi connectivity index (χ2n) is 4.59. The lowest BCUT2D eigenvalue weighted by atomic mass is 10.1. The molecule has 1 atom stereocenters. The molecule has 0 heterocycles. The monoisotopic (exact) mass is 349 g/mol. The fourth-order valence-corrected chi connectivity index (χ4v) is 3.34. The Kier molecular flexibility index (Phi) is 5.11. The maximum Gasteiger partial charge on any atom is 0.322 e. The number of carboxylic acids is 1. The van der Waals surface area contributed by atoms with Crippen molar-refractivity contribution < 1.29 is 18.3 Å². The standard InChI is InChI=1S/C12H16BrNO4S/c1-7(2)11(12(15)16)14-19(17,18)9-5-4-8(3)10(13)6-9/h4-7,11,14H,1-3H3,(H,15,16)/t11-/m0/s1. The largest absolute Gasteiger partial charge is 0.480 e. The minimum Gasteiger partial charge on any atom is -0.480 e. The van der Waals surface area contributed by atoms with Crippen LogP contribution in [0, 0.1) is 12.8 Å². The first-order valence-corrected chi connectivity index (χ1v) is 7.94. The topological polar surface area (TPSA) is 83.5 Å². The summed E-state index contributed by atoms with van der Waals surface area (Å²) in [5.74, 6) is -1.54. The molecule has 1 aromatic rings. The van der Waals surface area contributed by atoms with Crippen molar-refractivity contribution in [2.75, 3.05) is 0 Å². The van der Waals surface area contributed by atoms with E-state index in [1.165, 1.54) is 12.1 Å².